The highest BCUT2D eigenvalue weighted by atomic mass is 15.2. The fourth-order valence-corrected chi connectivity index (χ4v) is 3.03. The Morgan fingerprint density at radius 1 is 1.32 bits per heavy atom. The number of imidazole rings is 1. The number of likely N-dealkylation sites (N-methyl/N-ethyl adjacent to an activating group) is 2. The van der Waals surface area contributed by atoms with Crippen LogP contribution in [0.1, 0.15) is 52.9 Å². The number of nitrogens with zero attached hydrogens (tertiary/aromatic N) is 3. The first kappa shape index (κ1) is 16.2. The van der Waals surface area contributed by atoms with Gasteiger partial charge in [0.25, 0.3) is 0 Å². The number of hydrogen-bond donors (Lipinski definition) is 1. The standard InChI is InChI=1S/C15H30N4/c1-7-11-18-12-10-17-14(18)13(16-6)15(4,5)19(8-2)9-3/h10,12-13,16H,7-9,11H2,1-6H3. The molecule has 0 aliphatic carbocycles. The second-order valence-corrected chi connectivity index (χ2v) is 5.53. The summed E-state index contributed by atoms with van der Waals surface area (Å²) in [4.78, 5) is 7.08. The lowest BCUT2D eigenvalue weighted by molar-refractivity contribution is 0.0894. The van der Waals surface area contributed by atoms with E-state index in [0.717, 1.165) is 31.9 Å². The van der Waals surface area contributed by atoms with Gasteiger partial charge in [0.1, 0.15) is 5.82 Å². The minimum Gasteiger partial charge on any atom is -0.334 e. The number of hydrogen-bond acceptors (Lipinski definition) is 3. The number of aryl methyl sites for hydroxylation is 1. The van der Waals surface area contributed by atoms with Gasteiger partial charge in [0.05, 0.1) is 6.04 Å². The molecule has 0 fully saturated rings. The molecule has 0 saturated carbocycles. The molecule has 0 saturated heterocycles. The summed E-state index contributed by atoms with van der Waals surface area (Å²) in [6.07, 6.45) is 5.13. The highest BCUT2D eigenvalue weighted by Crippen LogP contribution is 2.30. The van der Waals surface area contributed by atoms with Gasteiger partial charge in [0.15, 0.2) is 0 Å². The zero-order valence-corrected chi connectivity index (χ0v) is 13.4. The van der Waals surface area contributed by atoms with Crippen molar-refractivity contribution in [2.75, 3.05) is 20.1 Å². The molecular weight excluding hydrogens is 236 g/mol. The topological polar surface area (TPSA) is 33.1 Å². The molecule has 19 heavy (non-hydrogen) atoms. The van der Waals surface area contributed by atoms with E-state index in [1.54, 1.807) is 0 Å². The van der Waals surface area contributed by atoms with Gasteiger partial charge >= 0.3 is 0 Å². The molecule has 1 heterocycles. The van der Waals surface area contributed by atoms with E-state index in [9.17, 15) is 0 Å². The van der Waals surface area contributed by atoms with Crippen LogP contribution in [0.5, 0.6) is 0 Å². The lowest BCUT2D eigenvalue weighted by Crippen LogP contribution is -2.52. The molecule has 0 aromatic carbocycles. The van der Waals surface area contributed by atoms with Gasteiger partial charge in [-0.05, 0) is 40.4 Å². The average molecular weight is 266 g/mol. The normalized spacial score (nSPS) is 14.1. The quantitative estimate of drug-likeness (QED) is 0.785. The smallest absolute Gasteiger partial charge is 0.127 e. The molecule has 0 bridgehead atoms. The van der Waals surface area contributed by atoms with Crippen LogP contribution >= 0.6 is 0 Å². The van der Waals surface area contributed by atoms with Crippen LogP contribution in [-0.4, -0.2) is 40.1 Å². The zero-order chi connectivity index (χ0) is 14.5. The van der Waals surface area contributed by atoms with Crippen LogP contribution in [0.2, 0.25) is 0 Å². The fourth-order valence-electron chi connectivity index (χ4n) is 3.03. The molecule has 0 aliphatic heterocycles. The van der Waals surface area contributed by atoms with E-state index in [4.69, 9.17) is 0 Å². The zero-order valence-electron chi connectivity index (χ0n) is 13.4. The van der Waals surface area contributed by atoms with Gasteiger partial charge in [-0.1, -0.05) is 20.8 Å². The van der Waals surface area contributed by atoms with Crippen molar-refractivity contribution in [2.24, 2.45) is 0 Å². The van der Waals surface area contributed by atoms with E-state index < -0.39 is 0 Å². The molecular formula is C15H30N4. The molecule has 1 atom stereocenters. The summed E-state index contributed by atoms with van der Waals surface area (Å²) in [6.45, 7) is 14.4. The fraction of sp³-hybridized carbons (Fsp3) is 0.800. The first-order chi connectivity index (χ1) is 9.02. The minimum atomic E-state index is 0.0368. The monoisotopic (exact) mass is 266 g/mol. The first-order valence-corrected chi connectivity index (χ1v) is 7.46. The summed E-state index contributed by atoms with van der Waals surface area (Å²) in [5, 5.41) is 3.47. The minimum absolute atomic E-state index is 0.0368. The van der Waals surface area contributed by atoms with E-state index in [2.05, 4.69) is 60.6 Å². The molecule has 0 aliphatic rings. The van der Waals surface area contributed by atoms with Gasteiger partial charge in [-0.15, -0.1) is 0 Å². The van der Waals surface area contributed by atoms with Crippen LogP contribution in [0.3, 0.4) is 0 Å². The van der Waals surface area contributed by atoms with Crippen LogP contribution in [0.25, 0.3) is 0 Å². The third kappa shape index (κ3) is 3.37. The first-order valence-electron chi connectivity index (χ1n) is 7.46. The van der Waals surface area contributed by atoms with Gasteiger partial charge in [-0.3, -0.25) is 4.90 Å². The SMILES string of the molecule is CCCn1ccnc1C(NC)C(C)(C)N(CC)CC. The van der Waals surface area contributed by atoms with Crippen molar-refractivity contribution in [2.45, 2.75) is 59.2 Å². The van der Waals surface area contributed by atoms with Gasteiger partial charge in [-0.25, -0.2) is 4.98 Å². The molecule has 1 aromatic rings. The maximum Gasteiger partial charge on any atom is 0.127 e. The summed E-state index contributed by atoms with van der Waals surface area (Å²) >= 11 is 0. The van der Waals surface area contributed by atoms with Crippen molar-refractivity contribution in [1.82, 2.24) is 19.8 Å². The van der Waals surface area contributed by atoms with Crippen molar-refractivity contribution in [3.63, 3.8) is 0 Å². The number of nitrogens with one attached hydrogen (secondary N) is 1. The van der Waals surface area contributed by atoms with Crippen LogP contribution < -0.4 is 5.32 Å². The largest absolute Gasteiger partial charge is 0.334 e. The summed E-state index contributed by atoms with van der Waals surface area (Å²) in [5.74, 6) is 1.14. The molecule has 0 radical (unpaired) electrons. The van der Waals surface area contributed by atoms with Crippen LogP contribution in [0, 0.1) is 0 Å². The maximum atomic E-state index is 4.60. The molecule has 0 spiro atoms. The molecule has 110 valence electrons. The third-order valence-electron chi connectivity index (χ3n) is 4.04. The Morgan fingerprint density at radius 3 is 2.42 bits per heavy atom. The summed E-state index contributed by atoms with van der Waals surface area (Å²) in [7, 11) is 2.03. The second kappa shape index (κ2) is 7.06. The lowest BCUT2D eigenvalue weighted by Gasteiger charge is -2.43. The average Bonchev–Trinajstić information content (AvgIpc) is 2.79. The van der Waals surface area contributed by atoms with Crippen molar-refractivity contribution < 1.29 is 0 Å². The highest BCUT2D eigenvalue weighted by Gasteiger charge is 2.36. The van der Waals surface area contributed by atoms with Crippen molar-refractivity contribution in [3.05, 3.63) is 18.2 Å². The third-order valence-corrected chi connectivity index (χ3v) is 4.04. The van der Waals surface area contributed by atoms with Gasteiger partial charge in [0, 0.05) is 24.5 Å². The molecule has 0 amide bonds. The summed E-state index contributed by atoms with van der Waals surface area (Å²) in [6, 6.07) is 0.231. The molecule has 1 unspecified atom stereocenters. The van der Waals surface area contributed by atoms with Crippen LogP contribution in [0.4, 0.5) is 0 Å². The van der Waals surface area contributed by atoms with E-state index in [0.29, 0.717) is 0 Å². The molecule has 4 heteroatoms. The van der Waals surface area contributed by atoms with Crippen molar-refractivity contribution >= 4 is 0 Å². The number of aromatic nitrogens is 2. The van der Waals surface area contributed by atoms with E-state index in [1.165, 1.54) is 0 Å². The van der Waals surface area contributed by atoms with Crippen LogP contribution in [0.15, 0.2) is 12.4 Å². The van der Waals surface area contributed by atoms with E-state index in [1.807, 2.05) is 13.2 Å². The second-order valence-electron chi connectivity index (χ2n) is 5.53. The van der Waals surface area contributed by atoms with E-state index in [-0.39, 0.29) is 11.6 Å². The Labute approximate surface area is 118 Å². The highest BCUT2D eigenvalue weighted by molar-refractivity contribution is 5.08. The lowest BCUT2D eigenvalue weighted by atomic mass is 9.91. The predicted molar refractivity (Wildman–Crippen MR) is 81.3 cm³/mol. The Bertz CT molecular complexity index is 366. The Hall–Kier alpha value is -0.870. The van der Waals surface area contributed by atoms with Gasteiger partial charge in [-0.2, -0.15) is 0 Å². The molecule has 1 N–H and O–H groups in total. The molecule has 1 aromatic heterocycles. The molecule has 1 rings (SSSR count). The van der Waals surface area contributed by atoms with Crippen molar-refractivity contribution in [3.8, 4) is 0 Å². The Balaban J connectivity index is 3.07. The van der Waals surface area contributed by atoms with Crippen LogP contribution in [-0.2, 0) is 6.54 Å². The molecule has 4 nitrogen and oxygen atoms in total. The van der Waals surface area contributed by atoms with E-state index >= 15 is 0 Å². The van der Waals surface area contributed by atoms with Crippen molar-refractivity contribution in [1.29, 1.82) is 0 Å². The summed E-state index contributed by atoms with van der Waals surface area (Å²) in [5.41, 5.74) is 0.0368. The summed E-state index contributed by atoms with van der Waals surface area (Å²) < 4.78 is 2.27. The van der Waals surface area contributed by atoms with Gasteiger partial charge in [0.2, 0.25) is 0 Å². The van der Waals surface area contributed by atoms with Gasteiger partial charge < -0.3 is 9.88 Å². The Morgan fingerprint density at radius 2 is 1.95 bits per heavy atom. The Kier molecular flexibility index (Phi) is 6.01. The predicted octanol–water partition coefficient (Wildman–Crippen LogP) is 2.67. The maximum absolute atomic E-state index is 4.60. The number of rotatable bonds is 8.